The molecule has 1 aliphatic heterocycles. The van der Waals surface area contributed by atoms with Crippen molar-refractivity contribution in [3.8, 4) is 0 Å². The Kier molecular flexibility index (Phi) is 8.61. The molecule has 0 spiro atoms. The molecule has 2 aromatic rings. The number of rotatable bonds is 7. The molecular formula is C23H26Cl3N3O2. The van der Waals surface area contributed by atoms with Gasteiger partial charge >= 0.3 is 0 Å². The van der Waals surface area contributed by atoms with Crippen molar-refractivity contribution in [3.05, 3.63) is 63.1 Å². The summed E-state index contributed by atoms with van der Waals surface area (Å²) in [7, 11) is 0. The number of likely N-dealkylation sites (tertiary alicyclic amines) is 1. The van der Waals surface area contributed by atoms with Crippen molar-refractivity contribution in [2.24, 2.45) is 0 Å². The van der Waals surface area contributed by atoms with Crippen molar-refractivity contribution < 1.29 is 9.59 Å². The first-order valence-corrected chi connectivity index (χ1v) is 11.5. The lowest BCUT2D eigenvalue weighted by atomic mass is 10.0. The van der Waals surface area contributed by atoms with Crippen molar-refractivity contribution in [1.29, 1.82) is 0 Å². The van der Waals surface area contributed by atoms with Crippen LogP contribution in [-0.2, 0) is 4.79 Å². The van der Waals surface area contributed by atoms with Crippen LogP contribution >= 0.6 is 34.8 Å². The highest BCUT2D eigenvalue weighted by Gasteiger charge is 2.28. The molecule has 31 heavy (non-hydrogen) atoms. The molecule has 0 unspecified atom stereocenters. The summed E-state index contributed by atoms with van der Waals surface area (Å²) >= 11 is 18.2. The Bertz CT molecular complexity index is 916. The maximum absolute atomic E-state index is 12.7. The van der Waals surface area contributed by atoms with E-state index in [1.54, 1.807) is 6.07 Å². The molecule has 0 aliphatic carbocycles. The Balaban J connectivity index is 1.58. The van der Waals surface area contributed by atoms with E-state index < -0.39 is 0 Å². The van der Waals surface area contributed by atoms with Gasteiger partial charge in [-0.05, 0) is 50.1 Å². The first-order chi connectivity index (χ1) is 14.9. The average Bonchev–Trinajstić information content (AvgIpc) is 2.77. The third-order valence-corrected chi connectivity index (χ3v) is 6.47. The van der Waals surface area contributed by atoms with E-state index in [1.807, 2.05) is 35.2 Å². The van der Waals surface area contributed by atoms with Gasteiger partial charge in [0.15, 0.2) is 0 Å². The zero-order chi connectivity index (χ0) is 22.4. The molecule has 2 amide bonds. The first kappa shape index (κ1) is 23.9. The molecule has 3 rings (SSSR count). The number of carbonyl (C=O) groups excluding carboxylic acids is 2. The second-order valence-corrected chi connectivity index (χ2v) is 8.88. The monoisotopic (exact) mass is 481 g/mol. The normalized spacial score (nSPS) is 14.7. The van der Waals surface area contributed by atoms with E-state index in [0.29, 0.717) is 39.4 Å². The average molecular weight is 483 g/mol. The number of amides is 2. The van der Waals surface area contributed by atoms with Gasteiger partial charge in [-0.3, -0.25) is 14.5 Å². The van der Waals surface area contributed by atoms with Gasteiger partial charge in [-0.2, -0.15) is 0 Å². The maximum Gasteiger partial charge on any atom is 0.253 e. The Morgan fingerprint density at radius 3 is 2.32 bits per heavy atom. The van der Waals surface area contributed by atoms with Crippen LogP contribution in [0.1, 0.15) is 36.5 Å². The number of hydrogen-bond donors (Lipinski definition) is 1. The van der Waals surface area contributed by atoms with Crippen molar-refractivity contribution in [2.45, 2.75) is 32.2 Å². The van der Waals surface area contributed by atoms with E-state index in [9.17, 15) is 9.59 Å². The summed E-state index contributed by atoms with van der Waals surface area (Å²) in [5.41, 5.74) is 1.16. The highest BCUT2D eigenvalue weighted by Crippen LogP contribution is 2.32. The molecule has 0 aromatic heterocycles. The number of nitrogens with zero attached hydrogens (tertiary/aromatic N) is 2. The summed E-state index contributed by atoms with van der Waals surface area (Å²) in [5.74, 6) is -0.0929. The molecule has 2 aromatic carbocycles. The summed E-state index contributed by atoms with van der Waals surface area (Å²) in [5, 5.41) is 3.86. The molecule has 1 fully saturated rings. The largest absolute Gasteiger partial charge is 0.339 e. The number of halogens is 3. The predicted molar refractivity (Wildman–Crippen MR) is 127 cm³/mol. The summed E-state index contributed by atoms with van der Waals surface area (Å²) in [4.78, 5) is 29.5. The molecule has 1 saturated heterocycles. The van der Waals surface area contributed by atoms with E-state index in [2.05, 4.69) is 17.1 Å². The standard InChI is InChI=1S/C23H26Cl3N3O2/c1-2-10-29(15-22(30)27-21-14-19(25)18(24)13-20(21)26)17-8-11-28(12-9-17)23(31)16-6-4-3-5-7-16/h3-7,13-14,17H,2,8-12,15H2,1H3,(H,27,30). The van der Waals surface area contributed by atoms with Crippen LogP contribution in [0.15, 0.2) is 42.5 Å². The fourth-order valence-electron chi connectivity index (χ4n) is 3.87. The van der Waals surface area contributed by atoms with Crippen LogP contribution in [0.25, 0.3) is 0 Å². The predicted octanol–water partition coefficient (Wildman–Crippen LogP) is 5.60. The van der Waals surface area contributed by atoms with Crippen molar-refractivity contribution >= 4 is 52.3 Å². The summed E-state index contributed by atoms with van der Waals surface area (Å²) in [6.07, 6.45) is 2.60. The number of hydrogen-bond acceptors (Lipinski definition) is 3. The molecule has 0 atom stereocenters. The van der Waals surface area contributed by atoms with Gasteiger partial charge in [-0.25, -0.2) is 0 Å². The molecule has 8 heteroatoms. The first-order valence-electron chi connectivity index (χ1n) is 10.4. The number of benzene rings is 2. The third kappa shape index (κ3) is 6.36. The van der Waals surface area contributed by atoms with E-state index in [-0.39, 0.29) is 24.4 Å². The van der Waals surface area contributed by atoms with Gasteiger partial charge in [-0.15, -0.1) is 0 Å². The van der Waals surface area contributed by atoms with Gasteiger partial charge < -0.3 is 10.2 Å². The highest BCUT2D eigenvalue weighted by molar-refractivity contribution is 6.44. The van der Waals surface area contributed by atoms with Crippen LogP contribution in [0.2, 0.25) is 15.1 Å². The number of anilines is 1. The molecule has 0 saturated carbocycles. The van der Waals surface area contributed by atoms with E-state index in [4.69, 9.17) is 34.8 Å². The molecule has 1 heterocycles. The zero-order valence-corrected chi connectivity index (χ0v) is 19.7. The lowest BCUT2D eigenvalue weighted by Crippen LogP contribution is -2.49. The zero-order valence-electron chi connectivity index (χ0n) is 17.4. The SMILES string of the molecule is CCCN(CC(=O)Nc1cc(Cl)c(Cl)cc1Cl)C1CCN(C(=O)c2ccccc2)CC1. The molecule has 1 N–H and O–H groups in total. The smallest absolute Gasteiger partial charge is 0.253 e. The van der Waals surface area contributed by atoms with Crippen molar-refractivity contribution in [2.75, 3.05) is 31.5 Å². The summed E-state index contributed by atoms with van der Waals surface area (Å²) < 4.78 is 0. The van der Waals surface area contributed by atoms with E-state index >= 15 is 0 Å². The minimum Gasteiger partial charge on any atom is -0.339 e. The second-order valence-electron chi connectivity index (χ2n) is 7.65. The Morgan fingerprint density at radius 2 is 1.68 bits per heavy atom. The van der Waals surface area contributed by atoms with Gasteiger partial charge in [0.25, 0.3) is 5.91 Å². The summed E-state index contributed by atoms with van der Waals surface area (Å²) in [6.45, 7) is 4.51. The fourth-order valence-corrected chi connectivity index (χ4v) is 4.46. The van der Waals surface area contributed by atoms with Crippen LogP contribution in [0.4, 0.5) is 5.69 Å². The lowest BCUT2D eigenvalue weighted by molar-refractivity contribution is -0.118. The molecule has 0 bridgehead atoms. The maximum atomic E-state index is 12.7. The third-order valence-electron chi connectivity index (χ3n) is 5.43. The summed E-state index contributed by atoms with van der Waals surface area (Å²) in [6, 6.07) is 12.7. The molecule has 1 aliphatic rings. The van der Waals surface area contributed by atoms with E-state index in [1.165, 1.54) is 6.07 Å². The van der Waals surface area contributed by atoms with Crippen LogP contribution < -0.4 is 5.32 Å². The Morgan fingerprint density at radius 1 is 1.03 bits per heavy atom. The molecule has 5 nitrogen and oxygen atoms in total. The minimum absolute atomic E-state index is 0.0630. The van der Waals surface area contributed by atoms with Crippen LogP contribution in [-0.4, -0.2) is 53.8 Å². The molecule has 166 valence electrons. The fraction of sp³-hybridized carbons (Fsp3) is 0.391. The number of piperidine rings is 1. The van der Waals surface area contributed by atoms with Gasteiger partial charge in [0.2, 0.25) is 5.91 Å². The highest BCUT2D eigenvalue weighted by atomic mass is 35.5. The van der Waals surface area contributed by atoms with Gasteiger partial charge in [0, 0.05) is 24.7 Å². The Labute approximate surface area is 198 Å². The van der Waals surface area contributed by atoms with Gasteiger partial charge in [-0.1, -0.05) is 59.9 Å². The van der Waals surface area contributed by atoms with Crippen LogP contribution in [0.5, 0.6) is 0 Å². The number of carbonyl (C=O) groups is 2. The minimum atomic E-state index is -0.156. The van der Waals surface area contributed by atoms with E-state index in [0.717, 1.165) is 25.8 Å². The quantitative estimate of drug-likeness (QED) is 0.522. The lowest BCUT2D eigenvalue weighted by Gasteiger charge is -2.38. The topological polar surface area (TPSA) is 52.7 Å². The Hall–Kier alpha value is -1.79. The second kappa shape index (κ2) is 11.2. The van der Waals surface area contributed by atoms with Gasteiger partial charge in [0.05, 0.1) is 27.3 Å². The number of nitrogens with one attached hydrogen (secondary N) is 1. The van der Waals surface area contributed by atoms with Gasteiger partial charge in [0.1, 0.15) is 0 Å². The molecule has 0 radical (unpaired) electrons. The van der Waals surface area contributed by atoms with Crippen LogP contribution in [0, 0.1) is 0 Å². The van der Waals surface area contributed by atoms with Crippen molar-refractivity contribution in [1.82, 2.24) is 9.80 Å². The van der Waals surface area contributed by atoms with Crippen molar-refractivity contribution in [3.63, 3.8) is 0 Å². The van der Waals surface area contributed by atoms with Crippen LogP contribution in [0.3, 0.4) is 0 Å². The molecular weight excluding hydrogens is 457 g/mol.